The van der Waals surface area contributed by atoms with E-state index in [2.05, 4.69) is 22.1 Å². The number of methoxy groups -OCH3 is 1. The van der Waals surface area contributed by atoms with E-state index >= 15 is 0 Å². The fourth-order valence-electron chi connectivity index (χ4n) is 2.87. The Hall–Kier alpha value is -3.30. The third kappa shape index (κ3) is 6.59. The molecule has 10 heteroatoms. The average molecular weight is 487 g/mol. The molecule has 8 nitrogen and oxygen atoms in total. The maximum absolute atomic E-state index is 12.4. The molecule has 1 heterocycles. The molecule has 3 rings (SSSR count). The molecular weight excluding hydrogens is 464 g/mol. The second kappa shape index (κ2) is 11.5. The highest BCUT2D eigenvalue weighted by molar-refractivity contribution is 7.99. The number of esters is 1. The smallest absolute Gasteiger partial charge is 0.337 e. The van der Waals surface area contributed by atoms with Gasteiger partial charge in [-0.3, -0.25) is 9.36 Å². The Labute approximate surface area is 200 Å². The van der Waals surface area contributed by atoms with Crippen molar-refractivity contribution in [3.05, 3.63) is 77.1 Å². The van der Waals surface area contributed by atoms with Crippen molar-refractivity contribution in [2.24, 2.45) is 0 Å². The summed E-state index contributed by atoms with van der Waals surface area (Å²) in [6.07, 6.45) is 1.72. The Balaban J connectivity index is 1.62. The van der Waals surface area contributed by atoms with Gasteiger partial charge in [0.15, 0.2) is 11.0 Å². The quantitative estimate of drug-likeness (QED) is 0.255. The molecule has 0 saturated heterocycles. The van der Waals surface area contributed by atoms with Crippen LogP contribution >= 0.6 is 23.4 Å². The van der Waals surface area contributed by atoms with E-state index in [1.807, 2.05) is 17.6 Å². The number of thioether (sulfide) groups is 1. The minimum atomic E-state index is -0.471. The topological polar surface area (TPSA) is 95.3 Å². The van der Waals surface area contributed by atoms with E-state index in [1.54, 1.807) is 42.5 Å². The van der Waals surface area contributed by atoms with Crippen molar-refractivity contribution in [2.75, 3.05) is 18.2 Å². The van der Waals surface area contributed by atoms with Crippen LogP contribution in [0.5, 0.6) is 5.75 Å². The van der Waals surface area contributed by atoms with Crippen LogP contribution in [0.25, 0.3) is 0 Å². The second-order valence-corrected chi connectivity index (χ2v) is 8.26. The molecule has 1 N–H and O–H groups in total. The summed E-state index contributed by atoms with van der Waals surface area (Å²) >= 11 is 7.30. The first-order valence-corrected chi connectivity index (χ1v) is 11.3. The number of carbonyl (C=O) groups excluding carboxylic acids is 2. The van der Waals surface area contributed by atoms with Gasteiger partial charge in [-0.2, -0.15) is 0 Å². The molecule has 0 aliphatic rings. The van der Waals surface area contributed by atoms with Gasteiger partial charge in [0, 0.05) is 17.3 Å². The first-order valence-electron chi connectivity index (χ1n) is 9.94. The molecular formula is C23H23ClN4O4S. The number of nitrogens with one attached hydrogen (secondary N) is 1. The maximum Gasteiger partial charge on any atom is 0.337 e. The highest BCUT2D eigenvalue weighted by Gasteiger charge is 2.15. The van der Waals surface area contributed by atoms with Crippen LogP contribution in [0.1, 0.15) is 21.7 Å². The molecule has 0 bridgehead atoms. The lowest BCUT2D eigenvalue weighted by Crippen LogP contribution is -2.15. The molecule has 172 valence electrons. The number of allylic oxidation sites excluding steroid dienone is 1. The molecule has 0 saturated carbocycles. The molecule has 1 aromatic heterocycles. The lowest BCUT2D eigenvalue weighted by molar-refractivity contribution is -0.113. The number of ether oxygens (including phenoxy) is 2. The fourth-order valence-corrected chi connectivity index (χ4v) is 3.75. The molecule has 33 heavy (non-hydrogen) atoms. The molecule has 0 aliphatic heterocycles. The van der Waals surface area contributed by atoms with Gasteiger partial charge in [0.05, 0.1) is 18.4 Å². The van der Waals surface area contributed by atoms with Gasteiger partial charge in [-0.1, -0.05) is 35.5 Å². The lowest BCUT2D eigenvalue weighted by atomic mass is 10.2. The van der Waals surface area contributed by atoms with E-state index in [4.69, 9.17) is 21.1 Å². The van der Waals surface area contributed by atoms with Crippen LogP contribution in [0.4, 0.5) is 5.69 Å². The van der Waals surface area contributed by atoms with E-state index in [0.717, 1.165) is 5.56 Å². The first kappa shape index (κ1) is 24.3. The summed E-state index contributed by atoms with van der Waals surface area (Å²) in [7, 11) is 1.30. The number of carbonyl (C=O) groups is 2. The number of nitrogens with zero attached hydrogens (tertiary/aromatic N) is 3. The number of hydrogen-bond donors (Lipinski definition) is 1. The van der Waals surface area contributed by atoms with Crippen molar-refractivity contribution in [1.29, 1.82) is 0 Å². The number of hydrogen-bond acceptors (Lipinski definition) is 7. The minimum Gasteiger partial charge on any atom is -0.486 e. The zero-order valence-electron chi connectivity index (χ0n) is 18.2. The third-order valence-corrected chi connectivity index (χ3v) is 5.89. The lowest BCUT2D eigenvalue weighted by Gasteiger charge is -2.10. The summed E-state index contributed by atoms with van der Waals surface area (Å²) in [6.45, 7) is 6.36. The van der Waals surface area contributed by atoms with Crippen molar-refractivity contribution in [1.82, 2.24) is 14.8 Å². The SMILES string of the molecule is C=CCn1c(COc2ccc(Cl)c(C)c2)nnc1SCC(=O)Nc1cccc(C(=O)OC)c1. The summed E-state index contributed by atoms with van der Waals surface area (Å²) in [4.78, 5) is 24.1. The van der Waals surface area contributed by atoms with Crippen LogP contribution in [-0.2, 0) is 22.7 Å². The number of anilines is 1. The number of aromatic nitrogens is 3. The number of aryl methyl sites for hydroxylation is 1. The average Bonchev–Trinajstić information content (AvgIpc) is 3.19. The van der Waals surface area contributed by atoms with Crippen LogP contribution in [-0.4, -0.2) is 39.5 Å². The number of amides is 1. The highest BCUT2D eigenvalue weighted by atomic mass is 35.5. The van der Waals surface area contributed by atoms with Gasteiger partial charge >= 0.3 is 5.97 Å². The zero-order chi connectivity index (χ0) is 23.8. The molecule has 0 radical (unpaired) electrons. The predicted octanol–water partition coefficient (Wildman–Crippen LogP) is 4.52. The standard InChI is InChI=1S/C23H23ClN4O4S/c1-4-10-28-20(13-32-18-8-9-19(24)15(2)11-18)26-27-23(28)33-14-21(29)25-17-7-5-6-16(12-17)22(30)31-3/h4-9,11-12H,1,10,13-14H2,2-3H3,(H,25,29). The van der Waals surface area contributed by atoms with E-state index < -0.39 is 5.97 Å². The Kier molecular flexibility index (Phi) is 8.51. The van der Waals surface area contributed by atoms with E-state index in [1.165, 1.54) is 18.9 Å². The second-order valence-electron chi connectivity index (χ2n) is 6.91. The normalized spacial score (nSPS) is 10.5. The Morgan fingerprint density at radius 2 is 2.06 bits per heavy atom. The largest absolute Gasteiger partial charge is 0.486 e. The summed E-state index contributed by atoms with van der Waals surface area (Å²) in [6, 6.07) is 12.0. The molecule has 0 spiro atoms. The monoisotopic (exact) mass is 486 g/mol. The summed E-state index contributed by atoms with van der Waals surface area (Å²) in [5.74, 6) is 0.671. The van der Waals surface area contributed by atoms with Gasteiger partial charge in [0.25, 0.3) is 0 Å². The van der Waals surface area contributed by atoms with Gasteiger partial charge in [0.2, 0.25) is 5.91 Å². The van der Waals surface area contributed by atoms with E-state index in [9.17, 15) is 9.59 Å². The molecule has 0 atom stereocenters. The molecule has 3 aromatic rings. The molecule has 0 unspecified atom stereocenters. The van der Waals surface area contributed by atoms with Gasteiger partial charge in [0.1, 0.15) is 12.4 Å². The minimum absolute atomic E-state index is 0.106. The summed E-state index contributed by atoms with van der Waals surface area (Å²) < 4.78 is 12.4. The predicted molar refractivity (Wildman–Crippen MR) is 128 cm³/mol. The van der Waals surface area contributed by atoms with Crippen LogP contribution in [0, 0.1) is 6.92 Å². The molecule has 0 aliphatic carbocycles. The summed E-state index contributed by atoms with van der Waals surface area (Å²) in [5.41, 5.74) is 1.78. The Bertz CT molecular complexity index is 1170. The van der Waals surface area contributed by atoms with Crippen molar-refractivity contribution < 1.29 is 19.1 Å². The number of rotatable bonds is 10. The molecule has 2 aromatic carbocycles. The van der Waals surface area contributed by atoms with Crippen molar-refractivity contribution in [3.63, 3.8) is 0 Å². The van der Waals surface area contributed by atoms with Crippen LogP contribution in [0.15, 0.2) is 60.3 Å². The van der Waals surface area contributed by atoms with Crippen LogP contribution < -0.4 is 10.1 Å². The van der Waals surface area contributed by atoms with Gasteiger partial charge in [-0.25, -0.2) is 4.79 Å². The van der Waals surface area contributed by atoms with Gasteiger partial charge in [-0.15, -0.1) is 16.8 Å². The summed E-state index contributed by atoms with van der Waals surface area (Å²) in [5, 5.41) is 12.4. The molecule has 1 amide bonds. The van der Waals surface area contributed by atoms with Gasteiger partial charge in [-0.05, 0) is 48.9 Å². The molecule has 0 fully saturated rings. The van der Waals surface area contributed by atoms with Crippen LogP contribution in [0.3, 0.4) is 0 Å². The highest BCUT2D eigenvalue weighted by Crippen LogP contribution is 2.23. The maximum atomic E-state index is 12.4. The van der Waals surface area contributed by atoms with Crippen molar-refractivity contribution in [2.45, 2.75) is 25.2 Å². The Morgan fingerprint density at radius 3 is 2.79 bits per heavy atom. The van der Waals surface area contributed by atoms with Crippen molar-refractivity contribution in [3.8, 4) is 5.75 Å². The van der Waals surface area contributed by atoms with E-state index in [0.29, 0.717) is 39.5 Å². The fraction of sp³-hybridized carbons (Fsp3) is 0.217. The number of halogens is 1. The Morgan fingerprint density at radius 1 is 1.24 bits per heavy atom. The zero-order valence-corrected chi connectivity index (χ0v) is 19.8. The third-order valence-electron chi connectivity index (χ3n) is 4.50. The number of benzene rings is 2. The van der Waals surface area contributed by atoms with Crippen molar-refractivity contribution >= 4 is 40.9 Å². The first-order chi connectivity index (χ1) is 15.9. The van der Waals surface area contributed by atoms with Crippen LogP contribution in [0.2, 0.25) is 5.02 Å². The van der Waals surface area contributed by atoms with E-state index in [-0.39, 0.29) is 18.3 Å². The van der Waals surface area contributed by atoms with Gasteiger partial charge < -0.3 is 14.8 Å².